The normalized spacial score (nSPS) is 12.7. The number of methoxy groups -OCH3 is 1. The zero-order valence-corrected chi connectivity index (χ0v) is 13.4. The van der Waals surface area contributed by atoms with Gasteiger partial charge in [-0.1, -0.05) is 0 Å². The summed E-state index contributed by atoms with van der Waals surface area (Å²) < 4.78 is 7.25. The van der Waals surface area contributed by atoms with E-state index in [0.29, 0.717) is 5.88 Å². The van der Waals surface area contributed by atoms with E-state index in [1.165, 1.54) is 0 Å². The molecule has 1 unspecified atom stereocenters. The molecule has 5 nitrogen and oxygen atoms in total. The maximum Gasteiger partial charge on any atom is 0.215 e. The van der Waals surface area contributed by atoms with Crippen LogP contribution in [0.25, 0.3) is 11.2 Å². The average molecular weight is 323 g/mol. The quantitative estimate of drug-likeness (QED) is 0.675. The zero-order chi connectivity index (χ0) is 14.8. The summed E-state index contributed by atoms with van der Waals surface area (Å²) in [4.78, 5) is 13.4. The largest absolute Gasteiger partial charge is 0.481 e. The predicted octanol–water partition coefficient (Wildman–Crippen LogP) is 3.44. The summed E-state index contributed by atoms with van der Waals surface area (Å²) in [5.74, 6) is 1.40. The van der Waals surface area contributed by atoms with Gasteiger partial charge in [0, 0.05) is 30.6 Å². The number of halogens is 1. The molecule has 7 heteroatoms. The Morgan fingerprint density at radius 3 is 2.90 bits per heavy atom. The van der Waals surface area contributed by atoms with Crippen LogP contribution in [0, 0.1) is 0 Å². The molecule has 0 amide bonds. The maximum atomic E-state index is 6.26. The monoisotopic (exact) mass is 322 g/mol. The standard InChI is InChI=1S/C14H15ClN4OS/c1-9(15)13-17-10-3-4-11(20-2)18-14(10)19(13)7-5-12-16-6-8-21-12/h3-4,6,8-9H,5,7H2,1-2H3. The third-order valence-electron chi connectivity index (χ3n) is 3.19. The molecule has 0 spiro atoms. The van der Waals surface area contributed by atoms with Crippen LogP contribution in [0.1, 0.15) is 23.1 Å². The van der Waals surface area contributed by atoms with Crippen LogP contribution in [0.2, 0.25) is 0 Å². The van der Waals surface area contributed by atoms with Crippen molar-refractivity contribution >= 4 is 34.1 Å². The minimum absolute atomic E-state index is 0.179. The molecule has 110 valence electrons. The highest BCUT2D eigenvalue weighted by atomic mass is 35.5. The predicted molar refractivity (Wildman–Crippen MR) is 84.2 cm³/mol. The lowest BCUT2D eigenvalue weighted by atomic mass is 10.4. The number of thiazole rings is 1. The van der Waals surface area contributed by atoms with Crippen LogP contribution in [0.15, 0.2) is 23.7 Å². The Hall–Kier alpha value is -1.66. The number of ether oxygens (including phenoxy) is 1. The molecule has 0 fully saturated rings. The van der Waals surface area contributed by atoms with Crippen molar-refractivity contribution in [3.63, 3.8) is 0 Å². The molecule has 3 aromatic rings. The molecule has 3 aromatic heterocycles. The Kier molecular flexibility index (Phi) is 4.07. The molecule has 0 aliphatic rings. The summed E-state index contributed by atoms with van der Waals surface area (Å²) in [6.45, 7) is 2.66. The van der Waals surface area contributed by atoms with Crippen LogP contribution in [0.4, 0.5) is 0 Å². The van der Waals surface area contributed by atoms with E-state index < -0.39 is 0 Å². The number of nitrogens with zero attached hydrogens (tertiary/aromatic N) is 4. The van der Waals surface area contributed by atoms with E-state index in [4.69, 9.17) is 16.3 Å². The van der Waals surface area contributed by atoms with Crippen molar-refractivity contribution < 1.29 is 4.74 Å². The van der Waals surface area contributed by atoms with Gasteiger partial charge in [-0.15, -0.1) is 22.9 Å². The second-order valence-electron chi connectivity index (χ2n) is 4.61. The minimum atomic E-state index is -0.179. The van der Waals surface area contributed by atoms with E-state index >= 15 is 0 Å². The lowest BCUT2D eigenvalue weighted by molar-refractivity contribution is 0.399. The summed E-state index contributed by atoms with van der Waals surface area (Å²) in [5.41, 5.74) is 1.63. The van der Waals surface area contributed by atoms with Gasteiger partial charge >= 0.3 is 0 Å². The molecule has 0 saturated carbocycles. The molecule has 0 aliphatic heterocycles. The number of imidazole rings is 1. The molecular weight excluding hydrogens is 308 g/mol. The van der Waals surface area contributed by atoms with Crippen molar-refractivity contribution in [3.8, 4) is 5.88 Å². The van der Waals surface area contributed by atoms with E-state index in [1.807, 2.05) is 30.6 Å². The molecular formula is C14H15ClN4OS. The Morgan fingerprint density at radius 1 is 1.38 bits per heavy atom. The van der Waals surface area contributed by atoms with Crippen molar-refractivity contribution in [1.29, 1.82) is 0 Å². The van der Waals surface area contributed by atoms with Crippen LogP contribution >= 0.6 is 22.9 Å². The Morgan fingerprint density at radius 2 is 2.24 bits per heavy atom. The van der Waals surface area contributed by atoms with Crippen molar-refractivity contribution in [2.45, 2.75) is 25.3 Å². The molecule has 3 rings (SSSR count). The Labute approximate surface area is 131 Å². The lowest BCUT2D eigenvalue weighted by Crippen LogP contribution is -2.07. The molecule has 21 heavy (non-hydrogen) atoms. The first kappa shape index (κ1) is 14.3. The first-order valence-electron chi connectivity index (χ1n) is 6.62. The van der Waals surface area contributed by atoms with Crippen LogP contribution in [-0.2, 0) is 13.0 Å². The Balaban J connectivity index is 2.01. The van der Waals surface area contributed by atoms with E-state index in [0.717, 1.165) is 35.0 Å². The fourth-order valence-electron chi connectivity index (χ4n) is 2.22. The number of aryl methyl sites for hydroxylation is 2. The summed E-state index contributed by atoms with van der Waals surface area (Å²) in [7, 11) is 1.61. The minimum Gasteiger partial charge on any atom is -0.481 e. The van der Waals surface area contributed by atoms with Crippen molar-refractivity contribution in [3.05, 3.63) is 34.5 Å². The number of hydrogen-bond donors (Lipinski definition) is 0. The summed E-state index contributed by atoms with van der Waals surface area (Å²) in [6, 6.07) is 3.72. The molecule has 0 aliphatic carbocycles. The third-order valence-corrected chi connectivity index (χ3v) is 4.23. The molecule has 1 atom stereocenters. The number of pyridine rings is 1. The van der Waals surface area contributed by atoms with Crippen molar-refractivity contribution in [2.75, 3.05) is 7.11 Å². The van der Waals surface area contributed by atoms with E-state index in [1.54, 1.807) is 18.4 Å². The van der Waals surface area contributed by atoms with Gasteiger partial charge in [-0.05, 0) is 13.0 Å². The maximum absolute atomic E-state index is 6.26. The lowest BCUT2D eigenvalue weighted by Gasteiger charge is -2.09. The van der Waals surface area contributed by atoms with E-state index in [-0.39, 0.29) is 5.38 Å². The summed E-state index contributed by atoms with van der Waals surface area (Å²) in [6.07, 6.45) is 2.65. The van der Waals surface area contributed by atoms with E-state index in [9.17, 15) is 0 Å². The van der Waals surface area contributed by atoms with Crippen molar-refractivity contribution in [2.24, 2.45) is 0 Å². The van der Waals surface area contributed by atoms with Crippen LogP contribution in [0.3, 0.4) is 0 Å². The molecule has 0 saturated heterocycles. The zero-order valence-electron chi connectivity index (χ0n) is 11.8. The molecule has 0 aromatic carbocycles. The van der Waals surface area contributed by atoms with E-state index in [2.05, 4.69) is 19.5 Å². The van der Waals surface area contributed by atoms with Gasteiger partial charge in [-0.3, -0.25) is 0 Å². The second kappa shape index (κ2) is 5.99. The van der Waals surface area contributed by atoms with Gasteiger partial charge in [-0.25, -0.2) is 9.97 Å². The fraction of sp³-hybridized carbons (Fsp3) is 0.357. The smallest absolute Gasteiger partial charge is 0.215 e. The first-order chi connectivity index (χ1) is 10.2. The first-order valence-corrected chi connectivity index (χ1v) is 7.94. The van der Waals surface area contributed by atoms with Gasteiger partial charge in [0.05, 0.1) is 17.5 Å². The van der Waals surface area contributed by atoms with Gasteiger partial charge < -0.3 is 9.30 Å². The number of alkyl halides is 1. The number of hydrogen-bond acceptors (Lipinski definition) is 5. The number of fused-ring (bicyclic) bond motifs is 1. The summed E-state index contributed by atoms with van der Waals surface area (Å²) in [5, 5.41) is 2.89. The van der Waals surface area contributed by atoms with Gasteiger partial charge in [0.1, 0.15) is 11.3 Å². The highest BCUT2D eigenvalue weighted by Gasteiger charge is 2.16. The number of rotatable bonds is 5. The van der Waals surface area contributed by atoms with Gasteiger partial charge in [0.15, 0.2) is 5.65 Å². The molecule has 0 bridgehead atoms. The topological polar surface area (TPSA) is 52.8 Å². The van der Waals surface area contributed by atoms with Crippen LogP contribution in [0.5, 0.6) is 5.88 Å². The van der Waals surface area contributed by atoms with Gasteiger partial charge in [0.2, 0.25) is 5.88 Å². The molecule has 0 N–H and O–H groups in total. The van der Waals surface area contributed by atoms with Crippen LogP contribution in [-0.4, -0.2) is 26.6 Å². The SMILES string of the molecule is COc1ccc2nc(C(C)Cl)n(CCc3nccs3)c2n1. The Bertz CT molecular complexity index is 739. The van der Waals surface area contributed by atoms with Crippen molar-refractivity contribution in [1.82, 2.24) is 19.5 Å². The van der Waals surface area contributed by atoms with Gasteiger partial charge in [-0.2, -0.15) is 4.98 Å². The average Bonchev–Trinajstić information content (AvgIpc) is 3.11. The second-order valence-corrected chi connectivity index (χ2v) is 6.24. The summed E-state index contributed by atoms with van der Waals surface area (Å²) >= 11 is 7.91. The highest BCUT2D eigenvalue weighted by molar-refractivity contribution is 7.09. The van der Waals surface area contributed by atoms with Gasteiger partial charge in [0.25, 0.3) is 0 Å². The third kappa shape index (κ3) is 2.87. The molecule has 0 radical (unpaired) electrons. The molecule has 3 heterocycles. The fourth-order valence-corrected chi connectivity index (χ4v) is 3.00. The highest BCUT2D eigenvalue weighted by Crippen LogP contribution is 2.25. The van der Waals surface area contributed by atoms with Crippen LogP contribution < -0.4 is 4.74 Å². The number of aromatic nitrogens is 4.